The van der Waals surface area contributed by atoms with Gasteiger partial charge in [0.2, 0.25) is 0 Å². The van der Waals surface area contributed by atoms with Crippen molar-refractivity contribution < 1.29 is 9.84 Å². The number of aliphatic hydroxyl groups is 1. The van der Waals surface area contributed by atoms with E-state index in [0.717, 1.165) is 16.9 Å². The predicted octanol–water partition coefficient (Wildman–Crippen LogP) is 0.341. The Kier molecular flexibility index (Phi) is 3.31. The minimum Gasteiger partial charge on any atom is -0.388 e. The van der Waals surface area contributed by atoms with E-state index in [2.05, 4.69) is 15.1 Å². The van der Waals surface area contributed by atoms with Crippen LogP contribution in [0.15, 0.2) is 12.5 Å². The third kappa shape index (κ3) is 2.34. The molecule has 1 N–H and O–H groups in total. The molecule has 2 aromatic heterocycles. The van der Waals surface area contributed by atoms with Crippen molar-refractivity contribution in [1.82, 2.24) is 19.7 Å². The molecular weight excluding hydrogens is 258 g/mol. The van der Waals surface area contributed by atoms with Crippen LogP contribution in [0.1, 0.15) is 12.8 Å². The Bertz CT molecular complexity index is 606. The number of ether oxygens (including phenoxy) is 1. The Hall–Kier alpha value is -1.73. The lowest BCUT2D eigenvalue weighted by Crippen LogP contribution is -2.46. The number of rotatable bonds is 3. The molecule has 1 aliphatic rings. The van der Waals surface area contributed by atoms with Crippen molar-refractivity contribution in [3.8, 4) is 0 Å². The molecule has 3 heterocycles. The first-order valence-corrected chi connectivity index (χ1v) is 6.73. The summed E-state index contributed by atoms with van der Waals surface area (Å²) in [6.45, 7) is 1.74. The molecule has 7 heteroatoms. The monoisotopic (exact) mass is 277 g/mol. The molecule has 0 aliphatic carbocycles. The fourth-order valence-corrected chi connectivity index (χ4v) is 2.68. The molecule has 0 amide bonds. The standard InChI is InChI=1S/C13H19N5O2/c1-17(8-13(19)3-5-20-6-4-13)11-10-7-16-18(2)12(10)15-9-14-11/h7,9,19H,3-6,8H2,1-2H3. The number of likely N-dealkylation sites (N-methyl/N-ethyl adjacent to an activating group) is 1. The first-order valence-electron chi connectivity index (χ1n) is 6.73. The van der Waals surface area contributed by atoms with E-state index in [1.54, 1.807) is 10.9 Å². The van der Waals surface area contributed by atoms with Gasteiger partial charge in [-0.25, -0.2) is 9.97 Å². The quantitative estimate of drug-likeness (QED) is 0.872. The molecule has 1 aliphatic heterocycles. The Morgan fingerprint density at radius 3 is 2.90 bits per heavy atom. The van der Waals surface area contributed by atoms with Crippen molar-refractivity contribution in [3.63, 3.8) is 0 Å². The number of hydrogen-bond acceptors (Lipinski definition) is 6. The molecule has 20 heavy (non-hydrogen) atoms. The summed E-state index contributed by atoms with van der Waals surface area (Å²) in [6.07, 6.45) is 4.59. The van der Waals surface area contributed by atoms with Crippen molar-refractivity contribution in [2.75, 3.05) is 31.7 Å². The fraction of sp³-hybridized carbons (Fsp3) is 0.615. The molecule has 1 saturated heterocycles. The van der Waals surface area contributed by atoms with Crippen molar-refractivity contribution >= 4 is 16.9 Å². The third-order valence-electron chi connectivity index (χ3n) is 3.82. The number of hydrogen-bond donors (Lipinski definition) is 1. The van der Waals surface area contributed by atoms with E-state index in [4.69, 9.17) is 4.74 Å². The van der Waals surface area contributed by atoms with Crippen LogP contribution in [0.2, 0.25) is 0 Å². The molecule has 0 aromatic carbocycles. The molecule has 7 nitrogen and oxygen atoms in total. The van der Waals surface area contributed by atoms with Crippen LogP contribution in [0.25, 0.3) is 11.0 Å². The van der Waals surface area contributed by atoms with Crippen LogP contribution >= 0.6 is 0 Å². The van der Waals surface area contributed by atoms with Gasteiger partial charge >= 0.3 is 0 Å². The van der Waals surface area contributed by atoms with E-state index in [-0.39, 0.29) is 0 Å². The van der Waals surface area contributed by atoms with Gasteiger partial charge in [-0.05, 0) is 0 Å². The molecular formula is C13H19N5O2. The summed E-state index contributed by atoms with van der Waals surface area (Å²) >= 11 is 0. The van der Waals surface area contributed by atoms with Crippen molar-refractivity contribution in [3.05, 3.63) is 12.5 Å². The lowest BCUT2D eigenvalue weighted by molar-refractivity contribution is -0.0573. The van der Waals surface area contributed by atoms with E-state index >= 15 is 0 Å². The van der Waals surface area contributed by atoms with E-state index in [1.165, 1.54) is 6.33 Å². The number of aromatic nitrogens is 4. The molecule has 0 atom stereocenters. The zero-order chi connectivity index (χ0) is 14.2. The molecule has 0 radical (unpaired) electrons. The van der Waals surface area contributed by atoms with Gasteiger partial charge in [-0.2, -0.15) is 5.10 Å². The SMILES string of the molecule is CN(CC1(O)CCOCC1)c1ncnc2c1cnn2C. The Balaban J connectivity index is 1.87. The summed E-state index contributed by atoms with van der Waals surface area (Å²) in [5.74, 6) is 0.794. The molecule has 3 rings (SSSR count). The normalized spacial score (nSPS) is 18.4. The maximum atomic E-state index is 10.6. The summed E-state index contributed by atoms with van der Waals surface area (Å²) in [7, 11) is 3.79. The topological polar surface area (TPSA) is 76.3 Å². The van der Waals surface area contributed by atoms with Crippen LogP contribution < -0.4 is 4.90 Å². The highest BCUT2D eigenvalue weighted by molar-refractivity contribution is 5.86. The van der Waals surface area contributed by atoms with Gasteiger partial charge in [-0.1, -0.05) is 0 Å². The summed E-state index contributed by atoms with van der Waals surface area (Å²) in [6, 6.07) is 0. The van der Waals surface area contributed by atoms with Gasteiger partial charge in [0, 0.05) is 46.7 Å². The maximum absolute atomic E-state index is 10.6. The number of anilines is 1. The molecule has 108 valence electrons. The van der Waals surface area contributed by atoms with Gasteiger partial charge in [0.1, 0.15) is 12.1 Å². The highest BCUT2D eigenvalue weighted by atomic mass is 16.5. The second kappa shape index (κ2) is 4.99. The average molecular weight is 277 g/mol. The molecule has 0 saturated carbocycles. The van der Waals surface area contributed by atoms with E-state index in [9.17, 15) is 5.11 Å². The van der Waals surface area contributed by atoms with E-state index in [0.29, 0.717) is 32.6 Å². The van der Waals surface area contributed by atoms with Gasteiger partial charge < -0.3 is 14.7 Å². The van der Waals surface area contributed by atoms with Crippen LogP contribution in [-0.4, -0.2) is 57.3 Å². The largest absolute Gasteiger partial charge is 0.388 e. The second-order valence-corrected chi connectivity index (χ2v) is 5.40. The lowest BCUT2D eigenvalue weighted by atomic mass is 9.94. The number of nitrogens with zero attached hydrogens (tertiary/aromatic N) is 5. The van der Waals surface area contributed by atoms with Crippen LogP contribution in [-0.2, 0) is 11.8 Å². The number of fused-ring (bicyclic) bond motifs is 1. The molecule has 1 fully saturated rings. The summed E-state index contributed by atoms with van der Waals surface area (Å²) < 4.78 is 7.03. The summed E-state index contributed by atoms with van der Waals surface area (Å²) in [5, 5.41) is 15.7. The highest BCUT2D eigenvalue weighted by Crippen LogP contribution is 2.26. The van der Waals surface area contributed by atoms with Gasteiger partial charge in [0.05, 0.1) is 17.2 Å². The smallest absolute Gasteiger partial charge is 0.163 e. The van der Waals surface area contributed by atoms with E-state index in [1.807, 2.05) is 19.0 Å². The van der Waals surface area contributed by atoms with Crippen LogP contribution in [0.4, 0.5) is 5.82 Å². The van der Waals surface area contributed by atoms with E-state index < -0.39 is 5.60 Å². The molecule has 2 aromatic rings. The fourth-order valence-electron chi connectivity index (χ4n) is 2.68. The van der Waals surface area contributed by atoms with Gasteiger partial charge in [-0.3, -0.25) is 4.68 Å². The zero-order valence-electron chi connectivity index (χ0n) is 11.8. The molecule has 0 spiro atoms. The Labute approximate surface area is 117 Å². The van der Waals surface area contributed by atoms with Crippen molar-refractivity contribution in [2.45, 2.75) is 18.4 Å². The van der Waals surface area contributed by atoms with Crippen LogP contribution in [0.3, 0.4) is 0 Å². The Morgan fingerprint density at radius 2 is 2.15 bits per heavy atom. The second-order valence-electron chi connectivity index (χ2n) is 5.40. The van der Waals surface area contributed by atoms with Crippen LogP contribution in [0.5, 0.6) is 0 Å². The molecule has 0 bridgehead atoms. The number of aryl methyl sites for hydroxylation is 1. The first kappa shape index (κ1) is 13.3. The van der Waals surface area contributed by atoms with Crippen molar-refractivity contribution in [2.24, 2.45) is 7.05 Å². The summed E-state index contributed by atoms with van der Waals surface area (Å²) in [5.41, 5.74) is 0.0766. The van der Waals surface area contributed by atoms with Crippen LogP contribution in [0, 0.1) is 0 Å². The van der Waals surface area contributed by atoms with Gasteiger partial charge in [0.15, 0.2) is 5.65 Å². The zero-order valence-corrected chi connectivity index (χ0v) is 11.8. The highest BCUT2D eigenvalue weighted by Gasteiger charge is 2.31. The minimum absolute atomic E-state index is 0.525. The minimum atomic E-state index is -0.716. The lowest BCUT2D eigenvalue weighted by Gasteiger charge is -2.35. The van der Waals surface area contributed by atoms with Gasteiger partial charge in [0.25, 0.3) is 0 Å². The first-order chi connectivity index (χ1) is 9.59. The predicted molar refractivity (Wildman–Crippen MR) is 74.6 cm³/mol. The Morgan fingerprint density at radius 1 is 1.40 bits per heavy atom. The van der Waals surface area contributed by atoms with Crippen molar-refractivity contribution in [1.29, 1.82) is 0 Å². The maximum Gasteiger partial charge on any atom is 0.163 e. The summed E-state index contributed by atoms with van der Waals surface area (Å²) in [4.78, 5) is 10.5. The third-order valence-corrected chi connectivity index (χ3v) is 3.82. The van der Waals surface area contributed by atoms with Gasteiger partial charge in [-0.15, -0.1) is 0 Å². The average Bonchev–Trinajstić information content (AvgIpc) is 2.81. The molecule has 0 unspecified atom stereocenters.